The molecule has 2 unspecified atom stereocenters. The average Bonchev–Trinajstić information content (AvgIpc) is 3.13. The second kappa shape index (κ2) is 8.73. The maximum absolute atomic E-state index is 5.15. The Morgan fingerprint density at radius 2 is 2.18 bits per heavy atom. The molecule has 2 N–H and O–H groups in total. The molecule has 1 aliphatic carbocycles. The highest BCUT2D eigenvalue weighted by molar-refractivity contribution is 5.80. The molecule has 28 heavy (non-hydrogen) atoms. The third-order valence-electron chi connectivity index (χ3n) is 5.75. The standard InChI is InChI=1S/C21H30N6O/c1-22-21(23-12-16-8-5-7-15-6-3-4-9-18(15)16)24-17-10-11-20-25-19(14-28-2)26-27(20)13-17/h3-4,6,9,16-17H,5,7-8,10-14H2,1-2H3,(H2,22,23,24). The van der Waals surface area contributed by atoms with Crippen LogP contribution < -0.4 is 10.6 Å². The van der Waals surface area contributed by atoms with Gasteiger partial charge in [0, 0.05) is 39.1 Å². The normalized spacial score (nSPS) is 21.7. The number of guanidine groups is 1. The predicted molar refractivity (Wildman–Crippen MR) is 109 cm³/mol. The Kier molecular flexibility index (Phi) is 5.90. The second-order valence-electron chi connectivity index (χ2n) is 7.68. The molecule has 1 aromatic heterocycles. The summed E-state index contributed by atoms with van der Waals surface area (Å²) in [5.41, 5.74) is 2.99. The minimum atomic E-state index is 0.300. The molecule has 0 radical (unpaired) electrons. The number of rotatable bonds is 5. The molecule has 2 aromatic rings. The van der Waals surface area contributed by atoms with Crippen LogP contribution in [0.2, 0.25) is 0 Å². The van der Waals surface area contributed by atoms with Gasteiger partial charge >= 0.3 is 0 Å². The highest BCUT2D eigenvalue weighted by atomic mass is 16.5. The fraction of sp³-hybridized carbons (Fsp3) is 0.571. The molecule has 1 aromatic carbocycles. The van der Waals surface area contributed by atoms with Crippen LogP contribution in [-0.2, 0) is 30.7 Å². The number of fused-ring (bicyclic) bond motifs is 2. The van der Waals surface area contributed by atoms with Crippen LogP contribution in [-0.4, -0.2) is 47.5 Å². The second-order valence-corrected chi connectivity index (χ2v) is 7.68. The summed E-state index contributed by atoms with van der Waals surface area (Å²) in [6, 6.07) is 9.15. The Labute approximate surface area is 166 Å². The third kappa shape index (κ3) is 4.19. The van der Waals surface area contributed by atoms with Crippen molar-refractivity contribution in [1.82, 2.24) is 25.4 Å². The van der Waals surface area contributed by atoms with Crippen LogP contribution in [0.3, 0.4) is 0 Å². The van der Waals surface area contributed by atoms with Crippen LogP contribution in [0.5, 0.6) is 0 Å². The molecule has 0 saturated heterocycles. The van der Waals surface area contributed by atoms with Gasteiger partial charge in [0.25, 0.3) is 0 Å². The molecular formula is C21H30N6O. The van der Waals surface area contributed by atoms with E-state index in [1.807, 2.05) is 11.7 Å². The molecular weight excluding hydrogens is 352 g/mol. The van der Waals surface area contributed by atoms with E-state index in [1.54, 1.807) is 7.11 Å². The van der Waals surface area contributed by atoms with E-state index in [0.717, 1.165) is 43.5 Å². The number of aliphatic imine (C=N–C) groups is 1. The molecule has 0 saturated carbocycles. The summed E-state index contributed by atoms with van der Waals surface area (Å²) in [6.07, 6.45) is 5.64. The molecule has 0 fully saturated rings. The van der Waals surface area contributed by atoms with Gasteiger partial charge in [0.2, 0.25) is 0 Å². The first kappa shape index (κ1) is 18.9. The maximum Gasteiger partial charge on any atom is 0.191 e. The zero-order valence-electron chi connectivity index (χ0n) is 16.8. The molecule has 150 valence electrons. The summed E-state index contributed by atoms with van der Waals surface area (Å²) in [5.74, 6) is 3.23. The zero-order valence-corrected chi connectivity index (χ0v) is 16.8. The minimum absolute atomic E-state index is 0.300. The number of aryl methyl sites for hydroxylation is 2. The van der Waals surface area contributed by atoms with Crippen molar-refractivity contribution in [3.8, 4) is 0 Å². The van der Waals surface area contributed by atoms with Crippen molar-refractivity contribution in [2.45, 2.75) is 57.2 Å². The van der Waals surface area contributed by atoms with E-state index in [1.165, 1.54) is 30.4 Å². The fourth-order valence-electron chi connectivity index (χ4n) is 4.34. The lowest BCUT2D eigenvalue weighted by Crippen LogP contribution is -2.48. The first-order valence-electron chi connectivity index (χ1n) is 10.2. The minimum Gasteiger partial charge on any atom is -0.377 e. The van der Waals surface area contributed by atoms with Crippen molar-refractivity contribution in [3.63, 3.8) is 0 Å². The quantitative estimate of drug-likeness (QED) is 0.611. The molecule has 7 nitrogen and oxygen atoms in total. The van der Waals surface area contributed by atoms with E-state index >= 15 is 0 Å². The lowest BCUT2D eigenvalue weighted by molar-refractivity contribution is 0.177. The molecule has 1 aliphatic heterocycles. The number of hydrogen-bond donors (Lipinski definition) is 2. The topological polar surface area (TPSA) is 76.4 Å². The first-order chi connectivity index (χ1) is 13.8. The monoisotopic (exact) mass is 382 g/mol. The summed E-state index contributed by atoms with van der Waals surface area (Å²) < 4.78 is 7.15. The molecule has 7 heteroatoms. The van der Waals surface area contributed by atoms with Crippen molar-refractivity contribution >= 4 is 5.96 Å². The van der Waals surface area contributed by atoms with Gasteiger partial charge in [-0.3, -0.25) is 4.99 Å². The zero-order chi connectivity index (χ0) is 19.3. The summed E-state index contributed by atoms with van der Waals surface area (Å²) in [4.78, 5) is 8.99. The number of ether oxygens (including phenoxy) is 1. The van der Waals surface area contributed by atoms with Gasteiger partial charge in [0.1, 0.15) is 12.4 Å². The van der Waals surface area contributed by atoms with Crippen molar-refractivity contribution < 1.29 is 4.74 Å². The highest BCUT2D eigenvalue weighted by Gasteiger charge is 2.23. The average molecular weight is 383 g/mol. The maximum atomic E-state index is 5.15. The van der Waals surface area contributed by atoms with Gasteiger partial charge in [0.15, 0.2) is 11.8 Å². The van der Waals surface area contributed by atoms with Crippen molar-refractivity contribution in [2.24, 2.45) is 4.99 Å². The van der Waals surface area contributed by atoms with E-state index < -0.39 is 0 Å². The molecule has 4 rings (SSSR count). The largest absolute Gasteiger partial charge is 0.377 e. The summed E-state index contributed by atoms with van der Waals surface area (Å²) in [7, 11) is 3.51. The van der Waals surface area contributed by atoms with Crippen molar-refractivity contribution in [2.75, 3.05) is 20.7 Å². The number of benzene rings is 1. The van der Waals surface area contributed by atoms with E-state index in [4.69, 9.17) is 4.74 Å². The van der Waals surface area contributed by atoms with E-state index in [-0.39, 0.29) is 0 Å². The van der Waals surface area contributed by atoms with Crippen LogP contribution in [0.15, 0.2) is 29.3 Å². The number of aromatic nitrogens is 3. The molecule has 2 heterocycles. The Morgan fingerprint density at radius 1 is 1.29 bits per heavy atom. The van der Waals surface area contributed by atoms with Gasteiger partial charge in [0.05, 0.1) is 6.54 Å². The van der Waals surface area contributed by atoms with Gasteiger partial charge < -0.3 is 15.4 Å². The summed E-state index contributed by atoms with van der Waals surface area (Å²) >= 11 is 0. The first-order valence-corrected chi connectivity index (χ1v) is 10.2. The Balaban J connectivity index is 1.33. The van der Waals surface area contributed by atoms with E-state index in [9.17, 15) is 0 Å². The molecule has 2 aliphatic rings. The van der Waals surface area contributed by atoms with Crippen molar-refractivity contribution in [1.29, 1.82) is 0 Å². The van der Waals surface area contributed by atoms with Gasteiger partial charge in [-0.05, 0) is 36.8 Å². The Bertz CT molecular complexity index is 830. The van der Waals surface area contributed by atoms with Gasteiger partial charge in [-0.2, -0.15) is 5.10 Å². The number of hydrogen-bond acceptors (Lipinski definition) is 4. The SMILES string of the molecule is CN=C(NCC1CCCc2ccccc21)NC1CCc2nc(COC)nn2C1. The molecule has 0 spiro atoms. The lowest BCUT2D eigenvalue weighted by atomic mass is 9.83. The third-order valence-corrected chi connectivity index (χ3v) is 5.75. The highest BCUT2D eigenvalue weighted by Crippen LogP contribution is 2.30. The van der Waals surface area contributed by atoms with Crippen molar-refractivity contribution in [3.05, 3.63) is 47.0 Å². The molecule has 0 amide bonds. The van der Waals surface area contributed by atoms with Gasteiger partial charge in [-0.1, -0.05) is 24.3 Å². The van der Waals surface area contributed by atoms with Gasteiger partial charge in [-0.15, -0.1) is 0 Å². The Morgan fingerprint density at radius 3 is 3.04 bits per heavy atom. The van der Waals surface area contributed by atoms with Gasteiger partial charge in [-0.25, -0.2) is 9.67 Å². The van der Waals surface area contributed by atoms with Crippen LogP contribution in [0.4, 0.5) is 0 Å². The smallest absolute Gasteiger partial charge is 0.191 e. The number of nitrogens with one attached hydrogen (secondary N) is 2. The van der Waals surface area contributed by atoms with Crippen LogP contribution >= 0.6 is 0 Å². The Hall–Kier alpha value is -2.41. The van der Waals surface area contributed by atoms with Crippen LogP contribution in [0.1, 0.15) is 48.0 Å². The van der Waals surface area contributed by atoms with Crippen LogP contribution in [0, 0.1) is 0 Å². The predicted octanol–water partition coefficient (Wildman–Crippen LogP) is 2.02. The molecule has 2 atom stereocenters. The fourth-order valence-corrected chi connectivity index (χ4v) is 4.34. The number of nitrogens with zero attached hydrogens (tertiary/aromatic N) is 4. The van der Waals surface area contributed by atoms with E-state index in [2.05, 4.69) is 50.0 Å². The lowest BCUT2D eigenvalue weighted by Gasteiger charge is -2.28. The van der Waals surface area contributed by atoms with Crippen LogP contribution in [0.25, 0.3) is 0 Å². The van der Waals surface area contributed by atoms with E-state index in [0.29, 0.717) is 18.6 Å². The molecule has 0 bridgehead atoms. The summed E-state index contributed by atoms with van der Waals surface area (Å²) in [5, 5.41) is 11.7. The number of methoxy groups -OCH3 is 1. The summed E-state index contributed by atoms with van der Waals surface area (Å²) in [6.45, 7) is 2.18.